The Bertz CT molecular complexity index is 855. The van der Waals surface area contributed by atoms with Crippen LogP contribution < -0.4 is 10.1 Å². The number of hydrogen-bond acceptors (Lipinski definition) is 4. The lowest BCUT2D eigenvalue weighted by Crippen LogP contribution is -2.34. The average molecular weight is 352 g/mol. The van der Waals surface area contributed by atoms with Crippen LogP contribution in [0.1, 0.15) is 27.0 Å². The molecule has 0 spiro atoms. The minimum absolute atomic E-state index is 0.00828. The smallest absolute Gasteiger partial charge is 0.308 e. The van der Waals surface area contributed by atoms with Crippen molar-refractivity contribution >= 4 is 11.9 Å². The Morgan fingerprint density at radius 1 is 1.27 bits per heavy atom. The molecule has 2 aromatic rings. The van der Waals surface area contributed by atoms with Gasteiger partial charge in [0.05, 0.1) is 30.2 Å². The number of amides is 1. The number of carboxylic acids is 1. The number of nitriles is 1. The number of benzene rings is 2. The fourth-order valence-corrected chi connectivity index (χ4v) is 2.61. The van der Waals surface area contributed by atoms with Gasteiger partial charge in [-0.15, -0.1) is 0 Å². The van der Waals surface area contributed by atoms with Crippen molar-refractivity contribution in [2.24, 2.45) is 5.92 Å². The Morgan fingerprint density at radius 3 is 2.62 bits per heavy atom. The quantitative estimate of drug-likeness (QED) is 0.798. The van der Waals surface area contributed by atoms with Gasteiger partial charge in [-0.1, -0.05) is 24.3 Å². The van der Waals surface area contributed by atoms with Gasteiger partial charge in [0.1, 0.15) is 5.75 Å². The maximum atomic E-state index is 12.4. The number of aryl methyl sites for hydroxylation is 1. The number of rotatable bonds is 7. The summed E-state index contributed by atoms with van der Waals surface area (Å²) in [6, 6.07) is 14.0. The van der Waals surface area contributed by atoms with E-state index in [1.165, 1.54) is 25.3 Å². The summed E-state index contributed by atoms with van der Waals surface area (Å²) in [6.45, 7) is 1.92. The van der Waals surface area contributed by atoms with Gasteiger partial charge in [-0.25, -0.2) is 0 Å². The van der Waals surface area contributed by atoms with Crippen molar-refractivity contribution in [2.75, 3.05) is 13.7 Å². The van der Waals surface area contributed by atoms with Crippen molar-refractivity contribution < 1.29 is 19.4 Å². The zero-order valence-electron chi connectivity index (χ0n) is 14.7. The molecule has 0 aliphatic heterocycles. The maximum absolute atomic E-state index is 12.4. The van der Waals surface area contributed by atoms with Crippen LogP contribution in [0.2, 0.25) is 0 Å². The monoisotopic (exact) mass is 352 g/mol. The predicted molar refractivity (Wildman–Crippen MR) is 96.1 cm³/mol. The highest BCUT2D eigenvalue weighted by Crippen LogP contribution is 2.20. The number of ether oxygens (including phenoxy) is 1. The van der Waals surface area contributed by atoms with E-state index in [1.807, 2.05) is 37.3 Å². The summed E-state index contributed by atoms with van der Waals surface area (Å²) in [5.41, 5.74) is 2.58. The molecule has 6 nitrogen and oxygen atoms in total. The minimum Gasteiger partial charge on any atom is -0.496 e. The lowest BCUT2D eigenvalue weighted by molar-refractivity contribution is -0.141. The van der Waals surface area contributed by atoms with E-state index in [2.05, 4.69) is 5.32 Å². The first-order valence-electron chi connectivity index (χ1n) is 8.10. The molecule has 26 heavy (non-hydrogen) atoms. The van der Waals surface area contributed by atoms with E-state index < -0.39 is 17.8 Å². The third-order valence-electron chi connectivity index (χ3n) is 4.16. The number of carbonyl (C=O) groups is 2. The molecular weight excluding hydrogens is 332 g/mol. The van der Waals surface area contributed by atoms with E-state index in [9.17, 15) is 14.7 Å². The Kier molecular flexibility index (Phi) is 6.34. The standard InChI is InChI=1S/C20H20N2O4/c1-13-5-3-4-6-15(13)10-16(20(24)25)12-22-19(23)17-8-7-14(11-21)9-18(17)26-2/h3-9,16H,10,12H2,1-2H3,(H,22,23)(H,24,25). The summed E-state index contributed by atoms with van der Waals surface area (Å²) in [7, 11) is 1.41. The molecule has 0 aliphatic rings. The van der Waals surface area contributed by atoms with Gasteiger partial charge in [0, 0.05) is 6.54 Å². The number of carboxylic acid groups (broad SMARTS) is 1. The van der Waals surface area contributed by atoms with Crippen LogP contribution >= 0.6 is 0 Å². The largest absolute Gasteiger partial charge is 0.496 e. The number of aliphatic carboxylic acids is 1. The molecule has 0 saturated heterocycles. The Labute approximate surface area is 152 Å². The third kappa shape index (κ3) is 4.61. The van der Waals surface area contributed by atoms with Crippen molar-refractivity contribution in [1.82, 2.24) is 5.32 Å². The SMILES string of the molecule is COc1cc(C#N)ccc1C(=O)NCC(Cc1ccccc1C)C(=O)O. The summed E-state index contributed by atoms with van der Waals surface area (Å²) in [4.78, 5) is 24.0. The van der Waals surface area contributed by atoms with Gasteiger partial charge >= 0.3 is 5.97 Å². The molecule has 6 heteroatoms. The number of methoxy groups -OCH3 is 1. The van der Waals surface area contributed by atoms with E-state index in [4.69, 9.17) is 10.00 Å². The first-order chi connectivity index (χ1) is 12.5. The van der Waals surface area contributed by atoms with Crippen molar-refractivity contribution in [1.29, 1.82) is 5.26 Å². The van der Waals surface area contributed by atoms with Gasteiger partial charge < -0.3 is 15.2 Å². The summed E-state index contributed by atoms with van der Waals surface area (Å²) in [5.74, 6) is -1.89. The number of nitrogens with one attached hydrogen (secondary N) is 1. The predicted octanol–water partition coefficient (Wildman–Crippen LogP) is 2.55. The summed E-state index contributed by atoms with van der Waals surface area (Å²) < 4.78 is 5.15. The van der Waals surface area contributed by atoms with Crippen LogP contribution in [0.5, 0.6) is 5.75 Å². The molecule has 1 unspecified atom stereocenters. The molecule has 0 aliphatic carbocycles. The normalized spacial score (nSPS) is 11.3. The van der Waals surface area contributed by atoms with Crippen LogP contribution in [0.3, 0.4) is 0 Å². The second-order valence-electron chi connectivity index (χ2n) is 5.90. The average Bonchev–Trinajstić information content (AvgIpc) is 2.65. The molecule has 0 saturated carbocycles. The molecule has 0 heterocycles. The van der Waals surface area contributed by atoms with Gasteiger partial charge in [0.25, 0.3) is 5.91 Å². The van der Waals surface area contributed by atoms with Gasteiger partial charge in [-0.2, -0.15) is 5.26 Å². The number of nitrogens with zero attached hydrogens (tertiary/aromatic N) is 1. The van der Waals surface area contributed by atoms with Gasteiger partial charge in [0.2, 0.25) is 0 Å². The highest BCUT2D eigenvalue weighted by atomic mass is 16.5. The second-order valence-corrected chi connectivity index (χ2v) is 5.90. The van der Waals surface area contributed by atoms with Crippen LogP contribution in [0.4, 0.5) is 0 Å². The molecular formula is C20H20N2O4. The van der Waals surface area contributed by atoms with Crippen LogP contribution in [-0.4, -0.2) is 30.6 Å². The first-order valence-corrected chi connectivity index (χ1v) is 8.10. The van der Waals surface area contributed by atoms with Gasteiger partial charge in [-0.05, 0) is 42.7 Å². The highest BCUT2D eigenvalue weighted by Gasteiger charge is 2.21. The molecule has 134 valence electrons. The van der Waals surface area contributed by atoms with Crippen LogP contribution in [0.15, 0.2) is 42.5 Å². The zero-order valence-corrected chi connectivity index (χ0v) is 14.7. The lowest BCUT2D eigenvalue weighted by Gasteiger charge is -2.16. The van der Waals surface area contributed by atoms with E-state index in [0.29, 0.717) is 12.0 Å². The molecule has 0 aromatic heterocycles. The second kappa shape index (κ2) is 8.67. The fourth-order valence-electron chi connectivity index (χ4n) is 2.61. The van der Waals surface area contributed by atoms with E-state index in [0.717, 1.165) is 11.1 Å². The number of carbonyl (C=O) groups excluding carboxylic acids is 1. The molecule has 1 amide bonds. The highest BCUT2D eigenvalue weighted by molar-refractivity contribution is 5.97. The van der Waals surface area contributed by atoms with Crippen LogP contribution in [-0.2, 0) is 11.2 Å². The van der Waals surface area contributed by atoms with E-state index in [-0.39, 0.29) is 17.9 Å². The Balaban J connectivity index is 2.10. The van der Waals surface area contributed by atoms with E-state index in [1.54, 1.807) is 0 Å². The maximum Gasteiger partial charge on any atom is 0.308 e. The van der Waals surface area contributed by atoms with Gasteiger partial charge in [-0.3, -0.25) is 9.59 Å². The molecule has 1 atom stereocenters. The van der Waals surface area contributed by atoms with Crippen molar-refractivity contribution in [2.45, 2.75) is 13.3 Å². The molecule has 2 aromatic carbocycles. The molecule has 0 bridgehead atoms. The Hall–Kier alpha value is -3.33. The van der Waals surface area contributed by atoms with Crippen LogP contribution in [0.25, 0.3) is 0 Å². The number of hydrogen-bond donors (Lipinski definition) is 2. The summed E-state index contributed by atoms with van der Waals surface area (Å²) in [6.07, 6.45) is 0.326. The zero-order chi connectivity index (χ0) is 19.1. The lowest BCUT2D eigenvalue weighted by atomic mass is 9.96. The third-order valence-corrected chi connectivity index (χ3v) is 4.16. The topological polar surface area (TPSA) is 99.4 Å². The minimum atomic E-state index is -0.972. The van der Waals surface area contributed by atoms with Crippen molar-refractivity contribution in [3.63, 3.8) is 0 Å². The molecule has 2 N–H and O–H groups in total. The van der Waals surface area contributed by atoms with Gasteiger partial charge in [0.15, 0.2) is 0 Å². The van der Waals surface area contributed by atoms with E-state index >= 15 is 0 Å². The fraction of sp³-hybridized carbons (Fsp3) is 0.250. The summed E-state index contributed by atoms with van der Waals surface area (Å²) >= 11 is 0. The van der Waals surface area contributed by atoms with Crippen molar-refractivity contribution in [3.05, 3.63) is 64.7 Å². The van der Waals surface area contributed by atoms with Crippen LogP contribution in [0, 0.1) is 24.2 Å². The molecule has 0 fully saturated rings. The molecule has 0 radical (unpaired) electrons. The van der Waals surface area contributed by atoms with Crippen molar-refractivity contribution in [3.8, 4) is 11.8 Å². The first kappa shape index (κ1) is 19.0. The summed E-state index contributed by atoms with van der Waals surface area (Å²) in [5, 5.41) is 21.0. The molecule has 2 rings (SSSR count). The Morgan fingerprint density at radius 2 is 2.00 bits per heavy atom.